The zero-order chi connectivity index (χ0) is 15.6. The van der Waals surface area contributed by atoms with E-state index in [-0.39, 0.29) is 11.8 Å². The van der Waals surface area contributed by atoms with Gasteiger partial charge >= 0.3 is 0 Å². The number of halogens is 3. The number of hydrogen-bond donors (Lipinski definition) is 2. The van der Waals surface area contributed by atoms with Gasteiger partial charge in [-0.1, -0.05) is 6.07 Å². The molecular weight excluding hydrogens is 405 g/mol. The van der Waals surface area contributed by atoms with Crippen molar-refractivity contribution in [3.8, 4) is 11.5 Å². The van der Waals surface area contributed by atoms with E-state index in [1.165, 1.54) is 6.07 Å². The van der Waals surface area contributed by atoms with Crippen LogP contribution in [-0.2, 0) is 0 Å². The summed E-state index contributed by atoms with van der Waals surface area (Å²) >= 11 is 6.88. The monoisotopic (exact) mass is 417 g/mol. The third-order valence-corrected chi connectivity index (χ3v) is 4.35. The molecule has 0 amide bonds. The minimum absolute atomic E-state index is 0.0739. The third kappa shape index (κ3) is 3.68. The lowest BCUT2D eigenvalue weighted by molar-refractivity contribution is 0.412. The van der Waals surface area contributed by atoms with E-state index in [1.54, 1.807) is 13.2 Å². The summed E-state index contributed by atoms with van der Waals surface area (Å²) in [6.07, 6.45) is 0. The van der Waals surface area contributed by atoms with Crippen LogP contribution < -0.4 is 10.1 Å². The fraction of sp³-hybridized carbons (Fsp3) is 0.200. The zero-order valence-electron chi connectivity index (χ0n) is 11.5. The molecule has 2 aromatic carbocycles. The number of rotatable bonds is 4. The molecule has 0 heterocycles. The van der Waals surface area contributed by atoms with Gasteiger partial charge in [0.25, 0.3) is 0 Å². The van der Waals surface area contributed by atoms with Crippen LogP contribution in [0.4, 0.5) is 10.1 Å². The molecule has 0 aromatic heterocycles. The van der Waals surface area contributed by atoms with Crippen LogP contribution >= 0.6 is 31.9 Å². The predicted molar refractivity (Wildman–Crippen MR) is 88.5 cm³/mol. The molecule has 21 heavy (non-hydrogen) atoms. The number of anilines is 1. The highest BCUT2D eigenvalue weighted by atomic mass is 79.9. The zero-order valence-corrected chi connectivity index (χ0v) is 14.6. The molecule has 0 aliphatic rings. The van der Waals surface area contributed by atoms with Crippen LogP contribution in [-0.4, -0.2) is 12.2 Å². The van der Waals surface area contributed by atoms with Gasteiger partial charge in [0.05, 0.1) is 23.3 Å². The Kier molecular flexibility index (Phi) is 5.11. The second kappa shape index (κ2) is 6.66. The molecule has 0 aliphatic carbocycles. The SMILES string of the molecule is COc1cc(NC(C)c2ccc(F)cc2O)c(Br)cc1Br. The minimum atomic E-state index is -0.463. The molecule has 0 spiro atoms. The Balaban J connectivity index is 2.29. The first-order valence-corrected chi connectivity index (χ1v) is 7.79. The van der Waals surface area contributed by atoms with E-state index < -0.39 is 5.82 Å². The molecule has 3 nitrogen and oxygen atoms in total. The summed E-state index contributed by atoms with van der Waals surface area (Å²) < 4.78 is 20.0. The molecule has 6 heteroatoms. The number of phenolic OH excluding ortho intramolecular Hbond substituents is 1. The molecular formula is C15H14Br2FNO2. The first-order chi connectivity index (χ1) is 9.92. The molecule has 0 saturated heterocycles. The predicted octanol–water partition coefficient (Wildman–Crippen LogP) is 5.24. The standard InChI is InChI=1S/C15H14Br2FNO2/c1-8(10-4-3-9(18)5-14(10)20)19-13-7-15(21-2)12(17)6-11(13)16/h3-8,19-20H,1-2H3. The molecule has 2 N–H and O–H groups in total. The summed E-state index contributed by atoms with van der Waals surface area (Å²) in [5.74, 6) is 0.154. The largest absolute Gasteiger partial charge is 0.507 e. The molecule has 2 rings (SSSR count). The van der Waals surface area contributed by atoms with Crippen LogP contribution in [0, 0.1) is 5.82 Å². The Labute approximate surface area is 139 Å². The lowest BCUT2D eigenvalue weighted by atomic mass is 10.1. The lowest BCUT2D eigenvalue weighted by Crippen LogP contribution is -2.07. The quantitative estimate of drug-likeness (QED) is 0.713. The molecule has 2 aromatic rings. The molecule has 0 fully saturated rings. The van der Waals surface area contributed by atoms with E-state index >= 15 is 0 Å². The fourth-order valence-electron chi connectivity index (χ4n) is 1.99. The average molecular weight is 419 g/mol. The average Bonchev–Trinajstić information content (AvgIpc) is 2.41. The van der Waals surface area contributed by atoms with Crippen LogP contribution in [0.3, 0.4) is 0 Å². The van der Waals surface area contributed by atoms with Gasteiger partial charge in [-0.15, -0.1) is 0 Å². The van der Waals surface area contributed by atoms with Crippen molar-refractivity contribution >= 4 is 37.5 Å². The van der Waals surface area contributed by atoms with Crippen LogP contribution in [0.25, 0.3) is 0 Å². The van der Waals surface area contributed by atoms with Gasteiger partial charge in [-0.3, -0.25) is 0 Å². The first-order valence-electron chi connectivity index (χ1n) is 6.20. The third-order valence-electron chi connectivity index (χ3n) is 3.07. The van der Waals surface area contributed by atoms with E-state index in [0.717, 1.165) is 20.7 Å². The van der Waals surface area contributed by atoms with Gasteiger partial charge in [0.2, 0.25) is 0 Å². The van der Waals surface area contributed by atoms with Gasteiger partial charge in [0.1, 0.15) is 17.3 Å². The van der Waals surface area contributed by atoms with Crippen LogP contribution in [0.5, 0.6) is 11.5 Å². The van der Waals surface area contributed by atoms with E-state index in [0.29, 0.717) is 11.3 Å². The number of aromatic hydroxyl groups is 1. The molecule has 0 saturated carbocycles. The number of phenols is 1. The maximum absolute atomic E-state index is 13.0. The summed E-state index contributed by atoms with van der Waals surface area (Å²) in [6, 6.07) is 7.50. The number of nitrogens with one attached hydrogen (secondary N) is 1. The van der Waals surface area contributed by atoms with Crippen molar-refractivity contribution in [2.75, 3.05) is 12.4 Å². The van der Waals surface area contributed by atoms with Gasteiger partial charge in [-0.2, -0.15) is 0 Å². The van der Waals surface area contributed by atoms with Crippen LogP contribution in [0.1, 0.15) is 18.5 Å². The van der Waals surface area contributed by atoms with Crippen molar-refractivity contribution in [1.82, 2.24) is 0 Å². The Morgan fingerprint density at radius 1 is 1.19 bits per heavy atom. The molecule has 0 radical (unpaired) electrons. The van der Waals surface area contributed by atoms with Crippen LogP contribution in [0.2, 0.25) is 0 Å². The van der Waals surface area contributed by atoms with Crippen molar-refractivity contribution < 1.29 is 14.2 Å². The maximum atomic E-state index is 13.0. The number of hydrogen-bond acceptors (Lipinski definition) is 3. The number of ether oxygens (including phenoxy) is 1. The van der Waals surface area contributed by atoms with Crippen molar-refractivity contribution in [1.29, 1.82) is 0 Å². The minimum Gasteiger partial charge on any atom is -0.507 e. The molecule has 0 bridgehead atoms. The van der Waals surface area contributed by atoms with Crippen molar-refractivity contribution in [3.05, 3.63) is 50.7 Å². The summed E-state index contributed by atoms with van der Waals surface area (Å²) in [6.45, 7) is 1.88. The van der Waals surface area contributed by atoms with E-state index in [9.17, 15) is 9.50 Å². The molecule has 1 atom stereocenters. The van der Waals surface area contributed by atoms with Gasteiger partial charge < -0.3 is 15.2 Å². The van der Waals surface area contributed by atoms with Gasteiger partial charge in [-0.05, 0) is 50.9 Å². The van der Waals surface area contributed by atoms with Crippen molar-refractivity contribution in [2.45, 2.75) is 13.0 Å². The normalized spacial score (nSPS) is 12.0. The summed E-state index contributed by atoms with van der Waals surface area (Å²) in [5, 5.41) is 13.1. The number of benzene rings is 2. The van der Waals surface area contributed by atoms with Crippen LogP contribution in [0.15, 0.2) is 39.3 Å². The molecule has 0 aliphatic heterocycles. The van der Waals surface area contributed by atoms with Gasteiger partial charge in [-0.25, -0.2) is 4.39 Å². The highest BCUT2D eigenvalue weighted by Gasteiger charge is 2.14. The highest BCUT2D eigenvalue weighted by molar-refractivity contribution is 9.11. The Morgan fingerprint density at radius 2 is 1.90 bits per heavy atom. The van der Waals surface area contributed by atoms with E-state index in [1.807, 2.05) is 19.1 Å². The topological polar surface area (TPSA) is 41.5 Å². The van der Waals surface area contributed by atoms with Crippen molar-refractivity contribution in [2.24, 2.45) is 0 Å². The summed E-state index contributed by atoms with van der Waals surface area (Å²) in [4.78, 5) is 0. The Hall–Kier alpha value is -1.27. The number of methoxy groups -OCH3 is 1. The summed E-state index contributed by atoms with van der Waals surface area (Å²) in [5.41, 5.74) is 1.43. The Morgan fingerprint density at radius 3 is 2.52 bits per heavy atom. The Bertz CT molecular complexity index is 664. The first kappa shape index (κ1) is 16.1. The molecule has 112 valence electrons. The van der Waals surface area contributed by atoms with Gasteiger partial charge in [0, 0.05) is 22.2 Å². The highest BCUT2D eigenvalue weighted by Crippen LogP contribution is 2.37. The molecule has 1 unspecified atom stereocenters. The smallest absolute Gasteiger partial charge is 0.135 e. The second-order valence-electron chi connectivity index (χ2n) is 4.54. The van der Waals surface area contributed by atoms with E-state index in [2.05, 4.69) is 37.2 Å². The van der Waals surface area contributed by atoms with Crippen molar-refractivity contribution in [3.63, 3.8) is 0 Å². The fourth-order valence-corrected chi connectivity index (χ4v) is 3.26. The maximum Gasteiger partial charge on any atom is 0.135 e. The van der Waals surface area contributed by atoms with Gasteiger partial charge in [0.15, 0.2) is 0 Å². The summed E-state index contributed by atoms with van der Waals surface area (Å²) in [7, 11) is 1.59. The second-order valence-corrected chi connectivity index (χ2v) is 6.24. The lowest BCUT2D eigenvalue weighted by Gasteiger charge is -2.19. The van der Waals surface area contributed by atoms with E-state index in [4.69, 9.17) is 4.74 Å².